The van der Waals surface area contributed by atoms with Gasteiger partial charge < -0.3 is 4.90 Å². The average molecular weight is 317 g/mol. The van der Waals surface area contributed by atoms with Gasteiger partial charge in [-0.15, -0.1) is 0 Å². The van der Waals surface area contributed by atoms with Crippen molar-refractivity contribution < 1.29 is 22.0 Å². The minimum absolute atomic E-state index is 0.00488. The highest BCUT2D eigenvalue weighted by atomic mass is 32.2. The lowest BCUT2D eigenvalue weighted by atomic mass is 10.1. The molecule has 1 fully saturated rings. The Labute approximate surface area is 122 Å². The van der Waals surface area contributed by atoms with E-state index in [0.29, 0.717) is 12.8 Å². The predicted octanol–water partition coefficient (Wildman–Crippen LogP) is 2.00. The van der Waals surface area contributed by atoms with Crippen LogP contribution in [0.3, 0.4) is 0 Å². The molecule has 21 heavy (non-hydrogen) atoms. The molecular formula is C14H17F2NO3S. The van der Waals surface area contributed by atoms with E-state index in [1.165, 1.54) is 11.0 Å². The third kappa shape index (κ3) is 3.40. The Morgan fingerprint density at radius 1 is 1.33 bits per heavy atom. The fourth-order valence-corrected chi connectivity index (χ4v) is 4.29. The zero-order valence-corrected chi connectivity index (χ0v) is 12.5. The number of hydrogen-bond acceptors (Lipinski definition) is 3. The van der Waals surface area contributed by atoms with Gasteiger partial charge in [-0.3, -0.25) is 4.79 Å². The third-order valence-electron chi connectivity index (χ3n) is 3.55. The quantitative estimate of drug-likeness (QED) is 0.853. The van der Waals surface area contributed by atoms with Crippen LogP contribution in [0.25, 0.3) is 0 Å². The SMILES string of the molecule is CCCN(C(=O)c1c(F)cccc1F)C1CCS(=O)(=O)C1. The summed E-state index contributed by atoms with van der Waals surface area (Å²) in [6.45, 7) is 2.09. The maximum atomic E-state index is 13.7. The van der Waals surface area contributed by atoms with Crippen molar-refractivity contribution in [3.63, 3.8) is 0 Å². The Bertz CT molecular complexity index is 625. The minimum atomic E-state index is -3.18. The van der Waals surface area contributed by atoms with Crippen molar-refractivity contribution in [3.05, 3.63) is 35.4 Å². The van der Waals surface area contributed by atoms with Crippen LogP contribution >= 0.6 is 0 Å². The summed E-state index contributed by atoms with van der Waals surface area (Å²) in [7, 11) is -3.18. The molecule has 7 heteroatoms. The van der Waals surface area contributed by atoms with Gasteiger partial charge in [0.1, 0.15) is 17.2 Å². The molecule has 0 saturated carbocycles. The zero-order valence-electron chi connectivity index (χ0n) is 11.7. The van der Waals surface area contributed by atoms with Gasteiger partial charge in [0.15, 0.2) is 9.84 Å². The number of rotatable bonds is 4. The van der Waals surface area contributed by atoms with Crippen molar-refractivity contribution in [3.8, 4) is 0 Å². The number of halogens is 2. The van der Waals surface area contributed by atoms with E-state index in [1.54, 1.807) is 0 Å². The van der Waals surface area contributed by atoms with Crippen LogP contribution in [0.4, 0.5) is 8.78 Å². The molecule has 0 aliphatic carbocycles. The Hall–Kier alpha value is -1.50. The van der Waals surface area contributed by atoms with Gasteiger partial charge in [0.25, 0.3) is 5.91 Å². The number of carbonyl (C=O) groups excluding carboxylic acids is 1. The van der Waals surface area contributed by atoms with E-state index in [1.807, 2.05) is 6.92 Å². The van der Waals surface area contributed by atoms with E-state index < -0.39 is 39.0 Å². The van der Waals surface area contributed by atoms with Crippen LogP contribution in [0, 0.1) is 11.6 Å². The van der Waals surface area contributed by atoms with Crippen molar-refractivity contribution in [2.45, 2.75) is 25.8 Å². The first-order valence-corrected chi connectivity index (χ1v) is 8.63. The Morgan fingerprint density at radius 3 is 2.43 bits per heavy atom. The molecule has 0 radical (unpaired) electrons. The van der Waals surface area contributed by atoms with Crippen molar-refractivity contribution >= 4 is 15.7 Å². The molecule has 116 valence electrons. The third-order valence-corrected chi connectivity index (χ3v) is 5.30. The van der Waals surface area contributed by atoms with Gasteiger partial charge in [0.2, 0.25) is 0 Å². The largest absolute Gasteiger partial charge is 0.334 e. The highest BCUT2D eigenvalue weighted by molar-refractivity contribution is 7.91. The second-order valence-electron chi connectivity index (χ2n) is 5.15. The smallest absolute Gasteiger partial charge is 0.260 e. The van der Waals surface area contributed by atoms with E-state index in [2.05, 4.69) is 0 Å². The second-order valence-corrected chi connectivity index (χ2v) is 7.38. The van der Waals surface area contributed by atoms with Crippen LogP contribution < -0.4 is 0 Å². The van der Waals surface area contributed by atoms with E-state index in [-0.39, 0.29) is 18.1 Å². The summed E-state index contributed by atoms with van der Waals surface area (Å²) in [6, 6.07) is 2.71. The molecule has 1 saturated heterocycles. The Morgan fingerprint density at radius 2 is 1.95 bits per heavy atom. The van der Waals surface area contributed by atoms with Gasteiger partial charge >= 0.3 is 0 Å². The predicted molar refractivity (Wildman–Crippen MR) is 74.7 cm³/mol. The molecule has 1 aliphatic rings. The first-order chi connectivity index (χ1) is 9.85. The fourth-order valence-electron chi connectivity index (χ4n) is 2.56. The van der Waals surface area contributed by atoms with Gasteiger partial charge in [-0.05, 0) is 25.0 Å². The average Bonchev–Trinajstić information content (AvgIpc) is 2.75. The molecule has 4 nitrogen and oxygen atoms in total. The number of carbonyl (C=O) groups is 1. The van der Waals surface area contributed by atoms with E-state index in [4.69, 9.17) is 0 Å². The highest BCUT2D eigenvalue weighted by Gasteiger charge is 2.36. The zero-order chi connectivity index (χ0) is 15.6. The molecule has 1 aromatic rings. The van der Waals surface area contributed by atoms with Crippen LogP contribution in [0.2, 0.25) is 0 Å². The van der Waals surface area contributed by atoms with Crippen LogP contribution in [0.15, 0.2) is 18.2 Å². The van der Waals surface area contributed by atoms with Gasteiger partial charge in [0, 0.05) is 12.6 Å². The Balaban J connectivity index is 2.32. The molecule has 0 spiro atoms. The van der Waals surface area contributed by atoms with Crippen molar-refractivity contribution in [2.24, 2.45) is 0 Å². The van der Waals surface area contributed by atoms with Crippen LogP contribution in [-0.2, 0) is 9.84 Å². The Kier molecular flexibility index (Phi) is 4.61. The van der Waals surface area contributed by atoms with Gasteiger partial charge in [-0.1, -0.05) is 13.0 Å². The number of nitrogens with zero attached hydrogens (tertiary/aromatic N) is 1. The van der Waals surface area contributed by atoms with Crippen LogP contribution in [0.5, 0.6) is 0 Å². The maximum absolute atomic E-state index is 13.7. The van der Waals surface area contributed by atoms with E-state index in [9.17, 15) is 22.0 Å². The van der Waals surface area contributed by atoms with E-state index >= 15 is 0 Å². The number of hydrogen-bond donors (Lipinski definition) is 0. The molecule has 1 unspecified atom stereocenters. The van der Waals surface area contributed by atoms with Gasteiger partial charge in [-0.25, -0.2) is 17.2 Å². The molecule has 0 bridgehead atoms. The van der Waals surface area contributed by atoms with Gasteiger partial charge in [-0.2, -0.15) is 0 Å². The second kappa shape index (κ2) is 6.09. The standard InChI is InChI=1S/C14H17F2NO3S/c1-2-7-17(10-6-8-21(19,20)9-10)14(18)13-11(15)4-3-5-12(13)16/h3-5,10H,2,6-9H2,1H3. The fraction of sp³-hybridized carbons (Fsp3) is 0.500. The summed E-state index contributed by atoms with van der Waals surface area (Å²) in [5, 5.41) is 0. The van der Waals surface area contributed by atoms with Crippen LogP contribution in [0.1, 0.15) is 30.1 Å². The van der Waals surface area contributed by atoms with Crippen molar-refractivity contribution in [2.75, 3.05) is 18.1 Å². The lowest BCUT2D eigenvalue weighted by Gasteiger charge is -2.28. The molecule has 1 heterocycles. The highest BCUT2D eigenvalue weighted by Crippen LogP contribution is 2.22. The lowest BCUT2D eigenvalue weighted by Crippen LogP contribution is -2.42. The molecular weight excluding hydrogens is 300 g/mol. The molecule has 1 aliphatic heterocycles. The molecule has 1 atom stereocenters. The molecule has 1 amide bonds. The van der Waals surface area contributed by atoms with Gasteiger partial charge in [0.05, 0.1) is 11.5 Å². The summed E-state index contributed by atoms with van der Waals surface area (Å²) in [5.41, 5.74) is -0.616. The summed E-state index contributed by atoms with van der Waals surface area (Å²) in [6.07, 6.45) is 0.891. The van der Waals surface area contributed by atoms with E-state index in [0.717, 1.165) is 12.1 Å². The first kappa shape index (κ1) is 15.9. The first-order valence-electron chi connectivity index (χ1n) is 6.81. The van der Waals surface area contributed by atoms with Crippen molar-refractivity contribution in [1.82, 2.24) is 4.90 Å². The monoisotopic (exact) mass is 317 g/mol. The summed E-state index contributed by atoms with van der Waals surface area (Å²) >= 11 is 0. The summed E-state index contributed by atoms with van der Waals surface area (Å²) in [5.74, 6) is -2.78. The number of amides is 1. The normalized spacial score (nSPS) is 20.4. The summed E-state index contributed by atoms with van der Waals surface area (Å²) in [4.78, 5) is 13.7. The number of benzene rings is 1. The minimum Gasteiger partial charge on any atom is -0.334 e. The summed E-state index contributed by atoms with van der Waals surface area (Å²) < 4.78 is 50.6. The molecule has 2 rings (SSSR count). The topological polar surface area (TPSA) is 54.5 Å². The maximum Gasteiger partial charge on any atom is 0.260 e. The lowest BCUT2D eigenvalue weighted by molar-refractivity contribution is 0.0687. The molecule has 0 aromatic heterocycles. The van der Waals surface area contributed by atoms with Crippen LogP contribution in [-0.4, -0.2) is 43.3 Å². The molecule has 1 aromatic carbocycles. The number of sulfone groups is 1. The molecule has 0 N–H and O–H groups in total. The van der Waals surface area contributed by atoms with Crippen molar-refractivity contribution in [1.29, 1.82) is 0 Å².